The van der Waals surface area contributed by atoms with Gasteiger partial charge in [0, 0.05) is 30.1 Å². The van der Waals surface area contributed by atoms with E-state index in [0.717, 1.165) is 15.4 Å². The van der Waals surface area contributed by atoms with Gasteiger partial charge in [0.2, 0.25) is 11.8 Å². The summed E-state index contributed by atoms with van der Waals surface area (Å²) in [5.74, 6) is -0.975. The lowest BCUT2D eigenvalue weighted by molar-refractivity contribution is -0.139. The van der Waals surface area contributed by atoms with Gasteiger partial charge in [0.1, 0.15) is 12.6 Å². The first-order chi connectivity index (χ1) is 20.1. The molecule has 2 amide bonds. The van der Waals surface area contributed by atoms with Crippen molar-refractivity contribution in [2.75, 3.05) is 17.9 Å². The smallest absolute Gasteiger partial charge is 0.264 e. The molecule has 0 heterocycles. The van der Waals surface area contributed by atoms with Crippen molar-refractivity contribution in [3.05, 3.63) is 130 Å². The highest BCUT2D eigenvalue weighted by Gasteiger charge is 2.34. The van der Waals surface area contributed by atoms with Gasteiger partial charge in [-0.15, -0.1) is 0 Å². The minimum Gasteiger partial charge on any atom is -0.357 e. The summed E-state index contributed by atoms with van der Waals surface area (Å²) in [6.45, 7) is 1.25. The van der Waals surface area contributed by atoms with Crippen LogP contribution in [0.2, 0.25) is 10.0 Å². The first kappa shape index (κ1) is 31.1. The lowest BCUT2D eigenvalue weighted by Crippen LogP contribution is -2.53. The molecule has 0 radical (unpaired) electrons. The lowest BCUT2D eigenvalue weighted by atomic mass is 10.0. The number of sulfonamides is 1. The summed E-state index contributed by atoms with van der Waals surface area (Å²) in [6, 6.07) is 28.1. The number of nitrogens with zero attached hydrogens (tertiary/aromatic N) is 2. The molecule has 10 heteroatoms. The van der Waals surface area contributed by atoms with E-state index in [1.54, 1.807) is 54.6 Å². The fraction of sp³-hybridized carbons (Fsp3) is 0.188. The summed E-state index contributed by atoms with van der Waals surface area (Å²) in [5.41, 5.74) is 2.55. The maximum atomic E-state index is 14.3. The maximum Gasteiger partial charge on any atom is 0.264 e. The van der Waals surface area contributed by atoms with Crippen LogP contribution < -0.4 is 9.62 Å². The van der Waals surface area contributed by atoms with Crippen molar-refractivity contribution in [1.29, 1.82) is 0 Å². The van der Waals surface area contributed by atoms with E-state index in [2.05, 4.69) is 5.32 Å². The van der Waals surface area contributed by atoms with Gasteiger partial charge in [-0.2, -0.15) is 0 Å². The van der Waals surface area contributed by atoms with E-state index in [1.807, 2.05) is 43.3 Å². The van der Waals surface area contributed by atoms with Crippen molar-refractivity contribution in [2.45, 2.75) is 30.8 Å². The van der Waals surface area contributed by atoms with Crippen LogP contribution in [0.15, 0.2) is 108 Å². The zero-order valence-electron chi connectivity index (χ0n) is 23.2. The summed E-state index contributed by atoms with van der Waals surface area (Å²) in [5, 5.41) is 3.41. The van der Waals surface area contributed by atoms with E-state index in [1.165, 1.54) is 24.1 Å². The summed E-state index contributed by atoms with van der Waals surface area (Å²) in [6.07, 6.45) is 0.202. The molecule has 0 fully saturated rings. The minimum absolute atomic E-state index is 0.0405. The monoisotopic (exact) mass is 623 g/mol. The van der Waals surface area contributed by atoms with Crippen molar-refractivity contribution < 1.29 is 18.0 Å². The molecule has 0 bridgehead atoms. The first-order valence-electron chi connectivity index (χ1n) is 13.2. The Morgan fingerprint density at radius 3 is 2.14 bits per heavy atom. The Labute approximate surface area is 256 Å². The normalized spacial score (nSPS) is 11.9. The molecule has 0 saturated carbocycles. The molecule has 0 unspecified atom stereocenters. The van der Waals surface area contributed by atoms with Gasteiger partial charge in [-0.3, -0.25) is 13.9 Å². The van der Waals surface area contributed by atoms with E-state index in [9.17, 15) is 18.0 Å². The van der Waals surface area contributed by atoms with E-state index in [0.29, 0.717) is 21.3 Å². The van der Waals surface area contributed by atoms with E-state index < -0.39 is 34.4 Å². The van der Waals surface area contributed by atoms with Gasteiger partial charge in [-0.05, 0) is 60.0 Å². The molecule has 0 saturated heterocycles. The second-order valence-corrected chi connectivity index (χ2v) is 12.4. The quantitative estimate of drug-likeness (QED) is 0.226. The SMILES string of the molecule is CNC(=O)[C@@H](Cc1ccccc1)N(Cc1ccc(Cl)cc1Cl)C(=O)CN(c1cccc(C)c1)S(=O)(=O)c1ccccc1. The third-order valence-electron chi connectivity index (χ3n) is 6.77. The van der Waals surface area contributed by atoms with Gasteiger partial charge >= 0.3 is 0 Å². The van der Waals surface area contributed by atoms with Gasteiger partial charge in [0.05, 0.1) is 10.6 Å². The molecule has 218 valence electrons. The molecule has 4 rings (SSSR count). The topological polar surface area (TPSA) is 86.8 Å². The van der Waals surface area contributed by atoms with Crippen molar-refractivity contribution >= 4 is 50.7 Å². The third-order valence-corrected chi connectivity index (χ3v) is 9.15. The van der Waals surface area contributed by atoms with Crippen LogP contribution in [0.1, 0.15) is 16.7 Å². The average Bonchev–Trinajstić information content (AvgIpc) is 2.99. The summed E-state index contributed by atoms with van der Waals surface area (Å²) < 4.78 is 29.0. The number of anilines is 1. The third kappa shape index (κ3) is 7.50. The Morgan fingerprint density at radius 1 is 0.857 bits per heavy atom. The van der Waals surface area contributed by atoms with Crippen LogP contribution in [0.4, 0.5) is 5.69 Å². The molecule has 0 spiro atoms. The molecule has 42 heavy (non-hydrogen) atoms. The summed E-state index contributed by atoms with van der Waals surface area (Å²) in [7, 11) is -2.66. The Bertz CT molecular complexity index is 1650. The number of hydrogen-bond acceptors (Lipinski definition) is 4. The van der Waals surface area contributed by atoms with Gasteiger partial charge in [0.15, 0.2) is 0 Å². The van der Waals surface area contributed by atoms with Crippen LogP contribution in [0.3, 0.4) is 0 Å². The molecular formula is C32H31Cl2N3O4S. The zero-order valence-corrected chi connectivity index (χ0v) is 25.5. The number of halogens is 2. The molecule has 0 aliphatic rings. The largest absolute Gasteiger partial charge is 0.357 e. The standard InChI is InChI=1S/C32H31Cl2N3O4S/c1-23-10-9-13-27(18-23)37(42(40,41)28-14-7-4-8-15-28)22-31(38)36(21-25-16-17-26(33)20-29(25)34)30(32(39)35-2)19-24-11-5-3-6-12-24/h3-18,20,30H,19,21-22H2,1-2H3,(H,35,39)/t30-/m1/s1. The number of rotatable bonds is 11. The van der Waals surface area contributed by atoms with Crippen LogP contribution in [0.25, 0.3) is 0 Å². The van der Waals surface area contributed by atoms with Crippen LogP contribution in [0.5, 0.6) is 0 Å². The van der Waals surface area contributed by atoms with Crippen LogP contribution in [-0.2, 0) is 32.6 Å². The van der Waals surface area contributed by atoms with E-state index >= 15 is 0 Å². The van der Waals surface area contributed by atoms with Crippen molar-refractivity contribution in [1.82, 2.24) is 10.2 Å². The van der Waals surface area contributed by atoms with Gasteiger partial charge in [-0.25, -0.2) is 8.42 Å². The molecule has 4 aromatic carbocycles. The predicted molar refractivity (Wildman–Crippen MR) is 167 cm³/mol. The molecular weight excluding hydrogens is 593 g/mol. The average molecular weight is 625 g/mol. The van der Waals surface area contributed by atoms with Crippen LogP contribution >= 0.6 is 23.2 Å². The molecule has 0 aromatic heterocycles. The number of amides is 2. The Balaban J connectivity index is 1.80. The first-order valence-corrected chi connectivity index (χ1v) is 15.4. The van der Waals surface area contributed by atoms with E-state index in [-0.39, 0.29) is 17.9 Å². The zero-order chi connectivity index (χ0) is 30.3. The highest BCUT2D eigenvalue weighted by molar-refractivity contribution is 7.92. The molecule has 4 aromatic rings. The maximum absolute atomic E-state index is 14.3. The summed E-state index contributed by atoms with van der Waals surface area (Å²) in [4.78, 5) is 29.0. The summed E-state index contributed by atoms with van der Waals surface area (Å²) >= 11 is 12.6. The van der Waals surface area contributed by atoms with Crippen molar-refractivity contribution in [2.24, 2.45) is 0 Å². The highest BCUT2D eigenvalue weighted by Crippen LogP contribution is 2.27. The molecule has 1 N–H and O–H groups in total. The number of benzene rings is 4. The fourth-order valence-corrected chi connectivity index (χ4v) is 6.48. The lowest BCUT2D eigenvalue weighted by Gasteiger charge is -2.33. The molecule has 0 aliphatic heterocycles. The second-order valence-electron chi connectivity index (χ2n) is 9.74. The van der Waals surface area contributed by atoms with Crippen LogP contribution in [0, 0.1) is 6.92 Å². The van der Waals surface area contributed by atoms with Gasteiger partial charge in [0.25, 0.3) is 10.0 Å². The molecule has 7 nitrogen and oxygen atoms in total. The molecule has 0 aliphatic carbocycles. The number of carbonyl (C=O) groups is 2. The Kier molecular flexibility index (Phi) is 10.3. The number of carbonyl (C=O) groups excluding carboxylic acids is 2. The Morgan fingerprint density at radius 2 is 1.52 bits per heavy atom. The highest BCUT2D eigenvalue weighted by atomic mass is 35.5. The van der Waals surface area contributed by atoms with Gasteiger partial charge < -0.3 is 10.2 Å². The minimum atomic E-state index is -4.15. The van der Waals surface area contributed by atoms with Crippen molar-refractivity contribution in [3.63, 3.8) is 0 Å². The Hall–Kier alpha value is -3.85. The molecule has 1 atom stereocenters. The number of nitrogens with one attached hydrogen (secondary N) is 1. The number of hydrogen-bond donors (Lipinski definition) is 1. The van der Waals surface area contributed by atoms with Crippen LogP contribution in [-0.4, -0.2) is 44.8 Å². The number of aryl methyl sites for hydroxylation is 1. The number of likely N-dealkylation sites (N-methyl/N-ethyl adjacent to an activating group) is 1. The second kappa shape index (κ2) is 13.9. The van der Waals surface area contributed by atoms with Crippen molar-refractivity contribution in [3.8, 4) is 0 Å². The van der Waals surface area contributed by atoms with E-state index in [4.69, 9.17) is 23.2 Å². The van der Waals surface area contributed by atoms with Gasteiger partial charge in [-0.1, -0.05) is 89.9 Å². The predicted octanol–water partition coefficient (Wildman–Crippen LogP) is 5.88. The fourth-order valence-electron chi connectivity index (χ4n) is 4.59.